The van der Waals surface area contributed by atoms with Gasteiger partial charge in [-0.3, -0.25) is 19.2 Å². The number of aliphatic carboxylic acids is 1. The number of hydrogen-bond donors (Lipinski definition) is 4. The van der Waals surface area contributed by atoms with Crippen LogP contribution in [0, 0.1) is 5.92 Å². The molecule has 0 aliphatic heterocycles. The third-order valence-corrected chi connectivity index (χ3v) is 5.15. The van der Waals surface area contributed by atoms with Crippen molar-refractivity contribution in [3.05, 3.63) is 12.7 Å². The smallest absolute Gasteiger partial charge is 0.325 e. The van der Waals surface area contributed by atoms with E-state index in [0.717, 1.165) is 44.9 Å². The van der Waals surface area contributed by atoms with E-state index in [2.05, 4.69) is 22.5 Å². The molecular formula is C24H43N3O5. The molecule has 0 aromatic rings. The second-order valence-corrected chi connectivity index (χ2v) is 8.75. The van der Waals surface area contributed by atoms with Crippen molar-refractivity contribution in [1.29, 1.82) is 0 Å². The first-order valence-electron chi connectivity index (χ1n) is 11.9. The zero-order chi connectivity index (χ0) is 24.4. The van der Waals surface area contributed by atoms with Crippen LogP contribution in [0.4, 0.5) is 0 Å². The Bertz CT molecular complexity index is 592. The highest BCUT2D eigenvalue weighted by Crippen LogP contribution is 2.11. The summed E-state index contributed by atoms with van der Waals surface area (Å²) in [5, 5.41) is 16.9. The van der Waals surface area contributed by atoms with E-state index in [4.69, 9.17) is 5.11 Å². The maximum atomic E-state index is 12.3. The molecule has 0 radical (unpaired) electrons. The van der Waals surface area contributed by atoms with Crippen LogP contribution in [0.3, 0.4) is 0 Å². The molecule has 0 rings (SSSR count). The second kappa shape index (κ2) is 18.2. The van der Waals surface area contributed by atoms with Crippen LogP contribution in [-0.4, -0.2) is 47.4 Å². The van der Waals surface area contributed by atoms with Crippen LogP contribution >= 0.6 is 0 Å². The molecule has 8 nitrogen and oxygen atoms in total. The van der Waals surface area contributed by atoms with Crippen molar-refractivity contribution in [1.82, 2.24) is 16.0 Å². The number of nitrogens with one attached hydrogen (secondary N) is 3. The van der Waals surface area contributed by atoms with E-state index in [1.165, 1.54) is 25.8 Å². The van der Waals surface area contributed by atoms with E-state index >= 15 is 0 Å². The average Bonchev–Trinajstić information content (AvgIpc) is 2.73. The van der Waals surface area contributed by atoms with Gasteiger partial charge in [0, 0.05) is 13.0 Å². The molecule has 32 heavy (non-hydrogen) atoms. The van der Waals surface area contributed by atoms with Crippen molar-refractivity contribution < 1.29 is 24.3 Å². The summed E-state index contributed by atoms with van der Waals surface area (Å²) in [6.45, 7) is 9.42. The van der Waals surface area contributed by atoms with Gasteiger partial charge in [0.05, 0.1) is 0 Å². The van der Waals surface area contributed by atoms with Gasteiger partial charge in [0.15, 0.2) is 0 Å². The van der Waals surface area contributed by atoms with E-state index in [1.807, 2.05) is 13.8 Å². The summed E-state index contributed by atoms with van der Waals surface area (Å²) in [4.78, 5) is 46.5. The summed E-state index contributed by atoms with van der Waals surface area (Å²) in [7, 11) is 0. The largest absolute Gasteiger partial charge is 0.480 e. The summed E-state index contributed by atoms with van der Waals surface area (Å²) in [6, 6.07) is -1.71. The number of carbonyl (C=O) groups is 4. The quantitative estimate of drug-likeness (QED) is 0.176. The highest BCUT2D eigenvalue weighted by Gasteiger charge is 2.24. The van der Waals surface area contributed by atoms with Gasteiger partial charge in [-0.25, -0.2) is 0 Å². The van der Waals surface area contributed by atoms with Gasteiger partial charge >= 0.3 is 5.97 Å². The highest BCUT2D eigenvalue weighted by atomic mass is 16.4. The lowest BCUT2D eigenvalue weighted by atomic mass is 10.0. The van der Waals surface area contributed by atoms with Crippen molar-refractivity contribution >= 4 is 23.7 Å². The lowest BCUT2D eigenvalue weighted by molar-refractivity contribution is -0.141. The lowest BCUT2D eigenvalue weighted by Gasteiger charge is -2.21. The monoisotopic (exact) mass is 453 g/mol. The minimum atomic E-state index is -1.11. The normalized spacial score (nSPS) is 12.6. The Balaban J connectivity index is 3.90. The van der Waals surface area contributed by atoms with Crippen molar-refractivity contribution in [3.63, 3.8) is 0 Å². The second-order valence-electron chi connectivity index (χ2n) is 8.75. The molecule has 0 saturated carbocycles. The molecular weight excluding hydrogens is 410 g/mol. The lowest BCUT2D eigenvalue weighted by Crippen LogP contribution is -2.51. The number of rotatable bonds is 19. The summed E-state index contributed by atoms with van der Waals surface area (Å²) < 4.78 is 0. The molecule has 0 bridgehead atoms. The van der Waals surface area contributed by atoms with Crippen LogP contribution in [0.2, 0.25) is 0 Å². The van der Waals surface area contributed by atoms with Gasteiger partial charge in [0.1, 0.15) is 12.1 Å². The molecule has 0 aromatic carbocycles. The Hall–Kier alpha value is -2.38. The number of amides is 3. The molecule has 0 aliphatic carbocycles. The summed E-state index contributed by atoms with van der Waals surface area (Å²) >= 11 is 0. The predicted molar refractivity (Wildman–Crippen MR) is 126 cm³/mol. The Morgan fingerprint density at radius 3 is 1.88 bits per heavy atom. The molecule has 2 atom stereocenters. The molecule has 0 fully saturated rings. The van der Waals surface area contributed by atoms with Crippen LogP contribution in [0.1, 0.15) is 91.4 Å². The zero-order valence-electron chi connectivity index (χ0n) is 20.1. The number of carboxylic acid groups (broad SMARTS) is 1. The molecule has 4 N–H and O–H groups in total. The molecule has 8 heteroatoms. The molecule has 0 saturated heterocycles. The SMILES string of the molecule is C=CC(=O)NCCCCCCCCCCCC(=O)N[C@@H](CC(C)C)C(=O)N[C@@H](C)C(=O)O. The molecule has 3 amide bonds. The third-order valence-electron chi connectivity index (χ3n) is 5.15. The molecule has 0 heterocycles. The number of carbonyl (C=O) groups excluding carboxylic acids is 3. The molecule has 0 aromatic heterocycles. The van der Waals surface area contributed by atoms with E-state index in [-0.39, 0.29) is 17.7 Å². The summed E-state index contributed by atoms with van der Waals surface area (Å²) in [5.74, 6) is -1.66. The van der Waals surface area contributed by atoms with Crippen LogP contribution in [-0.2, 0) is 19.2 Å². The van der Waals surface area contributed by atoms with E-state index in [9.17, 15) is 19.2 Å². The van der Waals surface area contributed by atoms with E-state index in [1.54, 1.807) is 0 Å². The van der Waals surface area contributed by atoms with Gasteiger partial charge in [0.2, 0.25) is 17.7 Å². The first kappa shape index (κ1) is 29.6. The highest BCUT2D eigenvalue weighted by molar-refractivity contribution is 5.90. The Morgan fingerprint density at radius 2 is 1.38 bits per heavy atom. The van der Waals surface area contributed by atoms with Gasteiger partial charge in [-0.2, -0.15) is 0 Å². The van der Waals surface area contributed by atoms with E-state index in [0.29, 0.717) is 19.4 Å². The molecule has 0 spiro atoms. The predicted octanol–water partition coefficient (Wildman–Crippen LogP) is 3.31. The first-order chi connectivity index (χ1) is 15.2. The Labute approximate surface area is 193 Å². The number of unbranched alkanes of at least 4 members (excludes halogenated alkanes) is 8. The number of hydrogen-bond acceptors (Lipinski definition) is 4. The van der Waals surface area contributed by atoms with Crippen LogP contribution in [0.5, 0.6) is 0 Å². The molecule has 184 valence electrons. The van der Waals surface area contributed by atoms with Crippen molar-refractivity contribution in [2.75, 3.05) is 6.54 Å². The standard InChI is InChI=1S/C24H43N3O5/c1-5-21(28)25-16-14-12-10-8-6-7-9-11-13-15-22(29)27-20(17-18(2)3)23(30)26-19(4)24(31)32/h5,18-20H,1,6-17H2,2-4H3,(H,25,28)(H,26,30)(H,27,29)(H,31,32)/t19-,20-/m0/s1. The molecule has 0 aliphatic rings. The minimum Gasteiger partial charge on any atom is -0.480 e. The first-order valence-corrected chi connectivity index (χ1v) is 11.9. The van der Waals surface area contributed by atoms with Crippen molar-refractivity contribution in [2.45, 2.75) is 103 Å². The van der Waals surface area contributed by atoms with Gasteiger partial charge in [0.25, 0.3) is 0 Å². The van der Waals surface area contributed by atoms with Gasteiger partial charge in [-0.1, -0.05) is 65.4 Å². The number of carboxylic acids is 1. The van der Waals surface area contributed by atoms with E-state index < -0.39 is 24.0 Å². The fourth-order valence-electron chi connectivity index (χ4n) is 3.28. The minimum absolute atomic E-state index is 0.120. The van der Waals surface area contributed by atoms with Gasteiger partial charge in [-0.15, -0.1) is 0 Å². The fraction of sp³-hybridized carbons (Fsp3) is 0.750. The van der Waals surface area contributed by atoms with Gasteiger partial charge in [-0.05, 0) is 38.2 Å². The maximum absolute atomic E-state index is 12.3. The maximum Gasteiger partial charge on any atom is 0.325 e. The van der Waals surface area contributed by atoms with Crippen molar-refractivity contribution in [3.8, 4) is 0 Å². The Kier molecular flexibility index (Phi) is 16.9. The molecule has 0 unspecified atom stereocenters. The van der Waals surface area contributed by atoms with Gasteiger partial charge < -0.3 is 21.1 Å². The summed E-state index contributed by atoms with van der Waals surface area (Å²) in [5.41, 5.74) is 0. The van der Waals surface area contributed by atoms with Crippen molar-refractivity contribution in [2.24, 2.45) is 5.92 Å². The third kappa shape index (κ3) is 16.3. The zero-order valence-corrected chi connectivity index (χ0v) is 20.1. The van der Waals surface area contributed by atoms with Crippen LogP contribution in [0.25, 0.3) is 0 Å². The average molecular weight is 454 g/mol. The Morgan fingerprint density at radius 1 is 0.844 bits per heavy atom. The van der Waals surface area contributed by atoms with Crippen LogP contribution < -0.4 is 16.0 Å². The fourth-order valence-corrected chi connectivity index (χ4v) is 3.28. The topological polar surface area (TPSA) is 125 Å². The van der Waals surface area contributed by atoms with Crippen LogP contribution in [0.15, 0.2) is 12.7 Å². The summed E-state index contributed by atoms with van der Waals surface area (Å²) in [6.07, 6.45) is 11.7.